The van der Waals surface area contributed by atoms with Crippen LogP contribution in [0, 0.1) is 0 Å². The maximum atomic E-state index is 5.91. The van der Waals surface area contributed by atoms with Gasteiger partial charge in [0.05, 0.1) is 11.2 Å². The second kappa shape index (κ2) is 3.24. The third-order valence-corrected chi connectivity index (χ3v) is 2.77. The smallest absolute Gasteiger partial charge is 0.125 e. The first-order valence-corrected chi connectivity index (χ1v) is 4.45. The van der Waals surface area contributed by atoms with Crippen LogP contribution in [0.1, 0.15) is 20.3 Å². The summed E-state index contributed by atoms with van der Waals surface area (Å²) in [5.41, 5.74) is 6.44. The molecular formula is C10H17N3. The molecule has 0 saturated carbocycles. The Morgan fingerprint density at radius 2 is 2.31 bits per heavy atom. The van der Waals surface area contributed by atoms with Crippen molar-refractivity contribution in [2.24, 2.45) is 10.7 Å². The molecule has 13 heavy (non-hydrogen) atoms. The van der Waals surface area contributed by atoms with E-state index in [4.69, 9.17) is 5.73 Å². The van der Waals surface area contributed by atoms with Gasteiger partial charge in [0, 0.05) is 13.2 Å². The number of nitrogens with zero attached hydrogens (tertiary/aromatic N) is 2. The first-order chi connectivity index (χ1) is 6.00. The quantitative estimate of drug-likeness (QED) is 0.662. The molecule has 72 valence electrons. The van der Waals surface area contributed by atoms with Crippen LogP contribution in [0.4, 0.5) is 0 Å². The van der Waals surface area contributed by atoms with Gasteiger partial charge in [-0.3, -0.25) is 0 Å². The summed E-state index contributed by atoms with van der Waals surface area (Å²) in [6.07, 6.45) is 4.76. The number of hydrogen-bond acceptors (Lipinski definition) is 3. The molecule has 3 nitrogen and oxygen atoms in total. The molecule has 1 rings (SSSR count). The van der Waals surface area contributed by atoms with Crippen LogP contribution >= 0.6 is 0 Å². The highest BCUT2D eigenvalue weighted by atomic mass is 15.2. The maximum absolute atomic E-state index is 5.91. The van der Waals surface area contributed by atoms with Gasteiger partial charge in [-0.1, -0.05) is 13.5 Å². The Morgan fingerprint density at radius 3 is 2.85 bits per heavy atom. The van der Waals surface area contributed by atoms with Crippen molar-refractivity contribution in [1.29, 1.82) is 0 Å². The normalized spacial score (nSPS) is 28.7. The standard InChI is InChI=1S/C10H17N3/c1-5-10(3)9(11)12-8(2)6-7-13(10)4/h6-7H,2,5H2,1,3-4H3,(H2,11,12). The monoisotopic (exact) mass is 179 g/mol. The second-order valence-corrected chi connectivity index (χ2v) is 3.54. The largest absolute Gasteiger partial charge is 0.385 e. The van der Waals surface area contributed by atoms with Crippen molar-refractivity contribution in [3.8, 4) is 0 Å². The minimum Gasteiger partial charge on any atom is -0.385 e. The highest BCUT2D eigenvalue weighted by molar-refractivity contribution is 5.91. The second-order valence-electron chi connectivity index (χ2n) is 3.54. The fourth-order valence-electron chi connectivity index (χ4n) is 1.29. The first kappa shape index (κ1) is 9.84. The van der Waals surface area contributed by atoms with Gasteiger partial charge >= 0.3 is 0 Å². The Kier molecular flexibility index (Phi) is 2.45. The van der Waals surface area contributed by atoms with Gasteiger partial charge in [-0.2, -0.15) is 0 Å². The number of hydrogen-bond donors (Lipinski definition) is 1. The molecule has 0 aromatic heterocycles. The molecule has 0 bridgehead atoms. The van der Waals surface area contributed by atoms with E-state index < -0.39 is 0 Å². The number of aliphatic imine (C=N–C) groups is 1. The van der Waals surface area contributed by atoms with Crippen LogP contribution in [-0.2, 0) is 0 Å². The summed E-state index contributed by atoms with van der Waals surface area (Å²) in [5.74, 6) is 0.632. The van der Waals surface area contributed by atoms with Crippen molar-refractivity contribution < 1.29 is 0 Å². The highest BCUT2D eigenvalue weighted by Crippen LogP contribution is 2.22. The van der Waals surface area contributed by atoms with Crippen molar-refractivity contribution in [3.05, 3.63) is 24.6 Å². The minimum absolute atomic E-state index is 0.185. The van der Waals surface area contributed by atoms with Gasteiger partial charge in [-0.25, -0.2) is 4.99 Å². The van der Waals surface area contributed by atoms with E-state index in [2.05, 4.69) is 30.3 Å². The zero-order valence-corrected chi connectivity index (χ0v) is 8.54. The molecule has 1 aliphatic rings. The van der Waals surface area contributed by atoms with Crippen LogP contribution in [0.25, 0.3) is 0 Å². The zero-order chi connectivity index (χ0) is 10.1. The van der Waals surface area contributed by atoms with E-state index >= 15 is 0 Å². The maximum Gasteiger partial charge on any atom is 0.125 e. The molecule has 0 saturated heterocycles. The van der Waals surface area contributed by atoms with E-state index in [-0.39, 0.29) is 5.54 Å². The molecule has 0 aliphatic carbocycles. The Balaban J connectivity index is 3.13. The Labute approximate surface area is 79.6 Å². The lowest BCUT2D eigenvalue weighted by atomic mass is 9.96. The van der Waals surface area contributed by atoms with Gasteiger partial charge in [0.15, 0.2) is 0 Å². The van der Waals surface area contributed by atoms with E-state index in [1.165, 1.54) is 0 Å². The van der Waals surface area contributed by atoms with Crippen molar-refractivity contribution >= 4 is 5.84 Å². The Morgan fingerprint density at radius 1 is 1.69 bits per heavy atom. The third-order valence-electron chi connectivity index (χ3n) is 2.77. The number of rotatable bonds is 1. The van der Waals surface area contributed by atoms with E-state index in [0.29, 0.717) is 11.5 Å². The summed E-state index contributed by atoms with van der Waals surface area (Å²) in [6, 6.07) is 0. The van der Waals surface area contributed by atoms with Gasteiger partial charge in [0.1, 0.15) is 5.84 Å². The van der Waals surface area contributed by atoms with Crippen molar-refractivity contribution in [2.75, 3.05) is 7.05 Å². The molecule has 2 N–H and O–H groups in total. The number of nitrogens with two attached hydrogens (primary N) is 1. The van der Waals surface area contributed by atoms with E-state index in [1.54, 1.807) is 0 Å². The van der Waals surface area contributed by atoms with E-state index in [9.17, 15) is 0 Å². The fourth-order valence-corrected chi connectivity index (χ4v) is 1.29. The summed E-state index contributed by atoms with van der Waals surface area (Å²) >= 11 is 0. The molecule has 0 spiro atoms. The van der Waals surface area contributed by atoms with Crippen LogP contribution in [0.15, 0.2) is 29.5 Å². The summed E-state index contributed by atoms with van der Waals surface area (Å²) in [7, 11) is 2.00. The van der Waals surface area contributed by atoms with Crippen molar-refractivity contribution in [1.82, 2.24) is 4.90 Å². The molecule has 0 aromatic rings. The number of allylic oxidation sites excluding steroid dienone is 1. The Hall–Kier alpha value is -1.25. The van der Waals surface area contributed by atoms with Gasteiger partial charge in [0.25, 0.3) is 0 Å². The van der Waals surface area contributed by atoms with Crippen LogP contribution in [-0.4, -0.2) is 23.3 Å². The van der Waals surface area contributed by atoms with Crippen molar-refractivity contribution in [3.63, 3.8) is 0 Å². The van der Waals surface area contributed by atoms with Gasteiger partial charge in [-0.15, -0.1) is 0 Å². The third kappa shape index (κ3) is 1.59. The van der Waals surface area contributed by atoms with Gasteiger partial charge in [0.2, 0.25) is 0 Å². The molecule has 1 aliphatic heterocycles. The zero-order valence-electron chi connectivity index (χ0n) is 8.54. The SMILES string of the molecule is C=C1C=CN(C)C(C)(CC)C(N)=N1. The Bertz CT molecular complexity index is 278. The molecule has 1 heterocycles. The lowest BCUT2D eigenvalue weighted by molar-refractivity contribution is 0.276. The molecule has 0 amide bonds. The van der Waals surface area contributed by atoms with E-state index in [1.807, 2.05) is 19.3 Å². The molecule has 0 aromatic carbocycles. The van der Waals surface area contributed by atoms with Gasteiger partial charge in [-0.05, 0) is 19.4 Å². The first-order valence-electron chi connectivity index (χ1n) is 4.45. The average molecular weight is 179 g/mol. The molecule has 3 heteroatoms. The average Bonchev–Trinajstić information content (AvgIpc) is 2.19. The predicted octanol–water partition coefficient (Wildman–Crippen LogP) is 1.49. The molecule has 1 atom stereocenters. The van der Waals surface area contributed by atoms with Crippen LogP contribution in [0.2, 0.25) is 0 Å². The summed E-state index contributed by atoms with van der Waals surface area (Å²) in [6.45, 7) is 7.95. The van der Waals surface area contributed by atoms with Gasteiger partial charge < -0.3 is 10.6 Å². The summed E-state index contributed by atoms with van der Waals surface area (Å²) < 4.78 is 0. The number of amidine groups is 1. The molecule has 0 radical (unpaired) electrons. The fraction of sp³-hybridized carbons (Fsp3) is 0.500. The predicted molar refractivity (Wildman–Crippen MR) is 56.4 cm³/mol. The van der Waals surface area contributed by atoms with Crippen LogP contribution in [0.5, 0.6) is 0 Å². The van der Waals surface area contributed by atoms with E-state index in [0.717, 1.165) is 6.42 Å². The highest BCUT2D eigenvalue weighted by Gasteiger charge is 2.31. The summed E-state index contributed by atoms with van der Waals surface area (Å²) in [5, 5.41) is 0. The number of likely N-dealkylation sites (N-methyl/N-ethyl adjacent to an activating group) is 1. The molecule has 0 fully saturated rings. The topological polar surface area (TPSA) is 41.6 Å². The lowest BCUT2D eigenvalue weighted by Gasteiger charge is -2.35. The van der Waals surface area contributed by atoms with Crippen LogP contribution in [0.3, 0.4) is 0 Å². The lowest BCUT2D eigenvalue weighted by Crippen LogP contribution is -2.50. The molecular weight excluding hydrogens is 162 g/mol. The minimum atomic E-state index is -0.185. The van der Waals surface area contributed by atoms with Crippen LogP contribution < -0.4 is 5.73 Å². The van der Waals surface area contributed by atoms with Crippen molar-refractivity contribution in [2.45, 2.75) is 25.8 Å². The summed E-state index contributed by atoms with van der Waals surface area (Å²) in [4.78, 5) is 6.30. The molecule has 1 unspecified atom stereocenters.